The van der Waals surface area contributed by atoms with Crippen molar-refractivity contribution in [1.29, 1.82) is 0 Å². The Bertz CT molecular complexity index is 1270. The second-order valence-electron chi connectivity index (χ2n) is 18.4. The molecule has 0 aromatic rings. The number of allylic oxidation sites excluding steroid dienone is 8. The molecule has 0 spiro atoms. The van der Waals surface area contributed by atoms with Crippen LogP contribution in [0.3, 0.4) is 0 Å². The number of carbonyl (C=O) groups is 1. The number of ether oxygens (including phenoxy) is 2. The van der Waals surface area contributed by atoms with E-state index < -0.39 is 63.1 Å². The van der Waals surface area contributed by atoms with Crippen LogP contribution < -0.4 is 0 Å². The van der Waals surface area contributed by atoms with E-state index >= 15 is 0 Å². The summed E-state index contributed by atoms with van der Waals surface area (Å²) in [6.07, 6.45) is 41.7. The molecular formula is C53H97O12P. The van der Waals surface area contributed by atoms with Crippen molar-refractivity contribution in [2.75, 3.05) is 19.8 Å². The summed E-state index contributed by atoms with van der Waals surface area (Å²) in [6.45, 7) is 4.22. The maximum Gasteiger partial charge on any atom is 0.472 e. The minimum atomic E-state index is -5.03. The number of aliphatic hydroxyl groups is 5. The van der Waals surface area contributed by atoms with Crippen molar-refractivity contribution >= 4 is 13.8 Å². The maximum absolute atomic E-state index is 12.9. The predicted molar refractivity (Wildman–Crippen MR) is 267 cm³/mol. The van der Waals surface area contributed by atoms with Crippen LogP contribution in [0.5, 0.6) is 0 Å². The highest BCUT2D eigenvalue weighted by atomic mass is 31.2. The van der Waals surface area contributed by atoms with Gasteiger partial charge in [-0.15, -0.1) is 0 Å². The number of hydrogen-bond acceptors (Lipinski definition) is 11. The van der Waals surface area contributed by atoms with Crippen LogP contribution in [0, 0.1) is 0 Å². The number of hydrogen-bond donors (Lipinski definition) is 6. The quantitative estimate of drug-likeness (QED) is 0.0147. The van der Waals surface area contributed by atoms with Gasteiger partial charge in [-0.3, -0.25) is 13.8 Å². The van der Waals surface area contributed by atoms with Gasteiger partial charge in [0.05, 0.1) is 13.2 Å². The van der Waals surface area contributed by atoms with Crippen LogP contribution in [-0.2, 0) is 27.9 Å². The number of phosphoric ester groups is 1. The lowest BCUT2D eigenvalue weighted by atomic mass is 9.85. The molecule has 6 atom stereocenters. The van der Waals surface area contributed by atoms with Gasteiger partial charge in [-0.1, -0.05) is 184 Å². The smallest absolute Gasteiger partial charge is 0.457 e. The van der Waals surface area contributed by atoms with E-state index in [0.717, 1.165) is 70.6 Å². The summed E-state index contributed by atoms with van der Waals surface area (Å²) in [5, 5.41) is 50.3. The molecule has 0 amide bonds. The van der Waals surface area contributed by atoms with E-state index in [4.69, 9.17) is 18.5 Å². The Hall–Kier alpha value is -1.70. The predicted octanol–water partition coefficient (Wildman–Crippen LogP) is 12.0. The van der Waals surface area contributed by atoms with E-state index in [2.05, 4.69) is 62.5 Å². The molecule has 0 aromatic carbocycles. The average molecular weight is 957 g/mol. The zero-order valence-electron chi connectivity index (χ0n) is 41.5. The van der Waals surface area contributed by atoms with E-state index in [1.165, 1.54) is 122 Å². The van der Waals surface area contributed by atoms with E-state index in [9.17, 15) is 39.8 Å². The third kappa shape index (κ3) is 34.6. The molecule has 0 radical (unpaired) electrons. The van der Waals surface area contributed by atoms with E-state index in [1.807, 2.05) is 0 Å². The Balaban J connectivity index is 2.32. The van der Waals surface area contributed by atoms with Crippen molar-refractivity contribution in [3.63, 3.8) is 0 Å². The fourth-order valence-corrected chi connectivity index (χ4v) is 8.92. The molecule has 1 rings (SSSR count). The van der Waals surface area contributed by atoms with Crippen molar-refractivity contribution in [2.24, 2.45) is 0 Å². The lowest BCUT2D eigenvalue weighted by Crippen LogP contribution is -2.64. The van der Waals surface area contributed by atoms with Gasteiger partial charge >= 0.3 is 13.8 Å². The van der Waals surface area contributed by atoms with Gasteiger partial charge in [-0.2, -0.15) is 0 Å². The maximum atomic E-state index is 12.9. The summed E-state index contributed by atoms with van der Waals surface area (Å²) in [5.74, 6) is -0.483. The van der Waals surface area contributed by atoms with Gasteiger partial charge < -0.3 is 39.9 Å². The highest BCUT2D eigenvalue weighted by Gasteiger charge is 2.51. The molecule has 0 saturated heterocycles. The Morgan fingerprint density at radius 2 is 0.848 bits per heavy atom. The van der Waals surface area contributed by atoms with Crippen molar-refractivity contribution in [1.82, 2.24) is 0 Å². The molecular weight excluding hydrogens is 860 g/mol. The van der Waals surface area contributed by atoms with Crippen LogP contribution in [0.4, 0.5) is 0 Å². The monoisotopic (exact) mass is 957 g/mol. The first-order chi connectivity index (χ1) is 32.0. The number of unbranched alkanes of at least 4 members (excludes halogenated alkanes) is 25. The molecule has 1 aliphatic rings. The van der Waals surface area contributed by atoms with Gasteiger partial charge in [0.2, 0.25) is 0 Å². The Morgan fingerprint density at radius 1 is 0.485 bits per heavy atom. The zero-order valence-corrected chi connectivity index (χ0v) is 42.4. The molecule has 0 aliphatic heterocycles. The first-order valence-electron chi connectivity index (χ1n) is 26.5. The van der Waals surface area contributed by atoms with Gasteiger partial charge in [0, 0.05) is 13.0 Å². The normalized spacial score (nSPS) is 21.8. The minimum Gasteiger partial charge on any atom is -0.457 e. The molecule has 1 saturated carbocycles. The molecule has 386 valence electrons. The SMILES string of the molecule is CCCCC/C=C\C/C=C\CCCCCCCCOCC(COP(=O)(O)OC1C(O)C(O)C(O)C(O)C1O)OC(=O)CCCCCCCCCCCCC/C=C\C/C=C\CCCCCCC. The van der Waals surface area contributed by atoms with Gasteiger partial charge in [0.1, 0.15) is 42.7 Å². The number of rotatable bonds is 45. The lowest BCUT2D eigenvalue weighted by molar-refractivity contribution is -0.220. The molecule has 13 heteroatoms. The molecule has 6 N–H and O–H groups in total. The van der Waals surface area contributed by atoms with Crippen LogP contribution in [0.2, 0.25) is 0 Å². The van der Waals surface area contributed by atoms with Crippen LogP contribution in [0.15, 0.2) is 48.6 Å². The average Bonchev–Trinajstić information content (AvgIpc) is 3.30. The molecule has 0 bridgehead atoms. The largest absolute Gasteiger partial charge is 0.472 e. The number of esters is 1. The third-order valence-electron chi connectivity index (χ3n) is 12.2. The highest BCUT2D eigenvalue weighted by Crippen LogP contribution is 2.47. The van der Waals surface area contributed by atoms with Crippen molar-refractivity contribution in [2.45, 2.75) is 262 Å². The van der Waals surface area contributed by atoms with Crippen LogP contribution in [0.1, 0.15) is 219 Å². The summed E-state index contributed by atoms with van der Waals surface area (Å²) in [4.78, 5) is 23.3. The molecule has 0 heterocycles. The Labute approximate surface area is 401 Å². The fourth-order valence-electron chi connectivity index (χ4n) is 7.95. The van der Waals surface area contributed by atoms with E-state index in [0.29, 0.717) is 13.0 Å². The standard InChI is InChI=1S/C53H97O12P/c1-3-5-7-9-11-13-15-17-19-21-22-23-24-25-26-27-28-30-32-34-36-38-40-42-47(54)64-46(45-63-66(60,61)65-53-51(58)49(56)48(55)50(57)52(53)59)44-62-43-41-39-37-35-33-31-29-20-18-16-14-12-10-8-6-4-2/h12,14-15,17-18,20-22,46,48-53,55-59H,3-11,13,16,19,23-45H2,1-2H3,(H,60,61)/b14-12-,17-15-,20-18-,22-21-. The fraction of sp³-hybridized carbons (Fsp3) is 0.830. The number of aliphatic hydroxyl groups excluding tert-OH is 5. The summed E-state index contributed by atoms with van der Waals surface area (Å²) < 4.78 is 34.3. The zero-order chi connectivity index (χ0) is 48.4. The van der Waals surface area contributed by atoms with Crippen LogP contribution >= 0.6 is 7.82 Å². The van der Waals surface area contributed by atoms with Gasteiger partial charge in [0.15, 0.2) is 0 Å². The second kappa shape index (κ2) is 43.3. The highest BCUT2D eigenvalue weighted by molar-refractivity contribution is 7.47. The summed E-state index contributed by atoms with van der Waals surface area (Å²) in [5.41, 5.74) is 0. The van der Waals surface area contributed by atoms with E-state index in [-0.39, 0.29) is 13.0 Å². The second-order valence-corrected chi connectivity index (χ2v) is 19.8. The van der Waals surface area contributed by atoms with Crippen LogP contribution in [0.25, 0.3) is 0 Å². The summed E-state index contributed by atoms with van der Waals surface area (Å²) in [7, 11) is -5.03. The molecule has 0 aromatic heterocycles. The summed E-state index contributed by atoms with van der Waals surface area (Å²) in [6, 6.07) is 0. The van der Waals surface area contributed by atoms with Crippen molar-refractivity contribution in [3.05, 3.63) is 48.6 Å². The molecule has 66 heavy (non-hydrogen) atoms. The molecule has 12 nitrogen and oxygen atoms in total. The third-order valence-corrected chi connectivity index (χ3v) is 13.2. The topological polar surface area (TPSA) is 192 Å². The van der Waals surface area contributed by atoms with Gasteiger partial charge in [-0.05, 0) is 77.0 Å². The molecule has 1 fully saturated rings. The van der Waals surface area contributed by atoms with Gasteiger partial charge in [-0.25, -0.2) is 4.57 Å². The minimum absolute atomic E-state index is 0.0848. The Morgan fingerprint density at radius 3 is 1.30 bits per heavy atom. The summed E-state index contributed by atoms with van der Waals surface area (Å²) >= 11 is 0. The Kier molecular flexibility index (Phi) is 40.9. The lowest BCUT2D eigenvalue weighted by Gasteiger charge is -2.41. The molecule has 6 unspecified atom stereocenters. The number of phosphoric acid groups is 1. The van der Waals surface area contributed by atoms with Crippen LogP contribution in [-0.4, -0.2) is 98.9 Å². The van der Waals surface area contributed by atoms with E-state index in [1.54, 1.807) is 0 Å². The van der Waals surface area contributed by atoms with Crippen molar-refractivity contribution in [3.8, 4) is 0 Å². The first kappa shape index (κ1) is 62.3. The molecule has 1 aliphatic carbocycles. The number of carbonyl (C=O) groups excluding carboxylic acids is 1. The van der Waals surface area contributed by atoms with Crippen molar-refractivity contribution < 1.29 is 58.3 Å². The first-order valence-corrected chi connectivity index (χ1v) is 28.0. The van der Waals surface area contributed by atoms with Gasteiger partial charge in [0.25, 0.3) is 0 Å².